The Morgan fingerprint density at radius 2 is 1.94 bits per heavy atom. The van der Waals surface area contributed by atoms with E-state index >= 15 is 0 Å². The Kier molecular flexibility index (Phi) is 5.61. The molecule has 2 aromatic heterocycles. The van der Waals surface area contributed by atoms with Gasteiger partial charge in [-0.3, -0.25) is 4.98 Å². The second-order valence-electron chi connectivity index (χ2n) is 8.47. The highest BCUT2D eigenvalue weighted by Gasteiger charge is 2.28. The molecular formula is C24H26FN5O2. The van der Waals surface area contributed by atoms with Crippen LogP contribution in [0.5, 0.6) is 11.5 Å². The van der Waals surface area contributed by atoms with Gasteiger partial charge < -0.3 is 20.1 Å². The lowest BCUT2D eigenvalue weighted by Crippen LogP contribution is -2.43. The van der Waals surface area contributed by atoms with Crippen LogP contribution in [0.4, 0.5) is 10.2 Å². The summed E-state index contributed by atoms with van der Waals surface area (Å²) in [5.41, 5.74) is 1.48. The van der Waals surface area contributed by atoms with E-state index in [1.165, 1.54) is 44.7 Å². The van der Waals surface area contributed by atoms with Crippen molar-refractivity contribution in [2.75, 3.05) is 25.1 Å². The highest BCUT2D eigenvalue weighted by molar-refractivity contribution is 5.75. The zero-order valence-electron chi connectivity index (χ0n) is 18.0. The molecule has 2 N–H and O–H groups in total. The number of rotatable bonds is 6. The largest absolute Gasteiger partial charge is 0.507 e. The standard InChI is InChI=1S/C24H26FN5O2/c1-32-18-9-15(12-26-13-18)19-11-23(31)20(10-21(19)25)22-5-6-24(29-28-22)30-8-7-17(14-30)27-16-3-2-4-16/h5-6,9-13,16-17,27,31H,2-4,7-8,14H2,1H3/t17-/m0/s1. The lowest BCUT2D eigenvalue weighted by Gasteiger charge is -2.29. The number of halogens is 1. The molecule has 2 aliphatic rings. The van der Waals surface area contributed by atoms with Gasteiger partial charge in [0.25, 0.3) is 0 Å². The maximum atomic E-state index is 14.9. The predicted octanol–water partition coefficient (Wildman–Crippen LogP) is 3.78. The molecule has 8 heteroatoms. The van der Waals surface area contributed by atoms with Crippen LogP contribution in [-0.2, 0) is 0 Å². The molecule has 1 atom stereocenters. The summed E-state index contributed by atoms with van der Waals surface area (Å²) in [7, 11) is 1.52. The molecule has 1 aliphatic carbocycles. The highest BCUT2D eigenvalue weighted by Crippen LogP contribution is 2.35. The zero-order chi connectivity index (χ0) is 22.1. The van der Waals surface area contributed by atoms with E-state index < -0.39 is 5.82 Å². The minimum absolute atomic E-state index is 0.0720. The minimum Gasteiger partial charge on any atom is -0.507 e. The average molecular weight is 436 g/mol. The normalized spacial score (nSPS) is 18.6. The number of aromatic nitrogens is 3. The molecule has 3 heterocycles. The van der Waals surface area contributed by atoms with Gasteiger partial charge in [0.05, 0.1) is 19.0 Å². The minimum atomic E-state index is -0.483. The number of ether oxygens (including phenoxy) is 1. The second kappa shape index (κ2) is 8.70. The second-order valence-corrected chi connectivity index (χ2v) is 8.47. The average Bonchev–Trinajstić information content (AvgIpc) is 3.26. The van der Waals surface area contributed by atoms with Crippen molar-refractivity contribution in [2.45, 2.75) is 37.8 Å². The van der Waals surface area contributed by atoms with E-state index in [1.807, 2.05) is 6.07 Å². The Morgan fingerprint density at radius 3 is 2.66 bits per heavy atom. The number of nitrogens with one attached hydrogen (secondary N) is 1. The summed E-state index contributed by atoms with van der Waals surface area (Å²) < 4.78 is 20.1. The van der Waals surface area contributed by atoms with Gasteiger partial charge in [0.2, 0.25) is 0 Å². The molecule has 0 radical (unpaired) electrons. The molecule has 166 valence electrons. The number of hydrogen-bond acceptors (Lipinski definition) is 7. The first-order chi connectivity index (χ1) is 15.6. The Balaban J connectivity index is 1.33. The number of hydrogen-bond donors (Lipinski definition) is 2. The summed E-state index contributed by atoms with van der Waals surface area (Å²) in [5.74, 6) is 0.755. The summed E-state index contributed by atoms with van der Waals surface area (Å²) in [4.78, 5) is 6.27. The van der Waals surface area contributed by atoms with Crippen LogP contribution in [0, 0.1) is 5.82 Å². The molecule has 2 fully saturated rings. The van der Waals surface area contributed by atoms with Crippen molar-refractivity contribution in [3.63, 3.8) is 0 Å². The van der Waals surface area contributed by atoms with E-state index in [4.69, 9.17) is 4.74 Å². The van der Waals surface area contributed by atoms with Crippen LogP contribution in [0.25, 0.3) is 22.4 Å². The van der Waals surface area contributed by atoms with Crippen LogP contribution in [0.3, 0.4) is 0 Å². The molecule has 32 heavy (non-hydrogen) atoms. The summed E-state index contributed by atoms with van der Waals surface area (Å²) >= 11 is 0. The molecular weight excluding hydrogens is 409 g/mol. The van der Waals surface area contributed by atoms with Gasteiger partial charge >= 0.3 is 0 Å². The molecule has 1 aliphatic heterocycles. The quantitative estimate of drug-likeness (QED) is 0.610. The summed E-state index contributed by atoms with van der Waals surface area (Å²) in [6, 6.07) is 9.14. The van der Waals surface area contributed by atoms with Crippen LogP contribution in [0.15, 0.2) is 42.7 Å². The number of aromatic hydroxyl groups is 1. The van der Waals surface area contributed by atoms with Gasteiger partial charge in [0.15, 0.2) is 5.82 Å². The third-order valence-corrected chi connectivity index (χ3v) is 6.36. The van der Waals surface area contributed by atoms with E-state index in [2.05, 4.69) is 25.4 Å². The summed E-state index contributed by atoms with van der Waals surface area (Å²) in [6.07, 6.45) is 8.03. The first kappa shape index (κ1) is 20.6. The van der Waals surface area contributed by atoms with Gasteiger partial charge in [0.1, 0.15) is 17.3 Å². The topological polar surface area (TPSA) is 83.4 Å². The monoisotopic (exact) mass is 435 g/mol. The molecule has 0 spiro atoms. The Bertz CT molecular complexity index is 1100. The van der Waals surface area contributed by atoms with Crippen molar-refractivity contribution in [3.8, 4) is 33.9 Å². The fourth-order valence-corrected chi connectivity index (χ4v) is 4.32. The summed E-state index contributed by atoms with van der Waals surface area (Å²) in [5, 5.41) is 22.9. The van der Waals surface area contributed by atoms with Gasteiger partial charge in [-0.15, -0.1) is 10.2 Å². The van der Waals surface area contributed by atoms with Crippen molar-refractivity contribution >= 4 is 5.82 Å². The first-order valence-corrected chi connectivity index (χ1v) is 11.0. The number of pyridine rings is 1. The molecule has 0 amide bonds. The van der Waals surface area contributed by atoms with Gasteiger partial charge in [-0.2, -0.15) is 0 Å². The predicted molar refractivity (Wildman–Crippen MR) is 120 cm³/mol. The van der Waals surface area contributed by atoms with E-state index in [-0.39, 0.29) is 11.3 Å². The SMILES string of the molecule is COc1cncc(-c2cc(O)c(-c3ccc(N4CC[C@H](NC5CCC5)C4)nn3)cc2F)c1. The molecule has 3 aromatic rings. The third kappa shape index (κ3) is 4.10. The molecule has 1 aromatic carbocycles. The van der Waals surface area contributed by atoms with Crippen molar-refractivity contribution in [2.24, 2.45) is 0 Å². The van der Waals surface area contributed by atoms with Gasteiger partial charge in [-0.05, 0) is 49.6 Å². The molecule has 5 rings (SSSR count). The zero-order valence-corrected chi connectivity index (χ0v) is 18.0. The molecule has 1 saturated heterocycles. The fourth-order valence-electron chi connectivity index (χ4n) is 4.32. The maximum Gasteiger partial charge on any atom is 0.151 e. The van der Waals surface area contributed by atoms with E-state index in [1.54, 1.807) is 18.3 Å². The van der Waals surface area contributed by atoms with Gasteiger partial charge in [-0.1, -0.05) is 6.42 Å². The smallest absolute Gasteiger partial charge is 0.151 e. The Hall–Kier alpha value is -3.26. The first-order valence-electron chi connectivity index (χ1n) is 11.0. The Labute approximate surface area is 186 Å². The van der Waals surface area contributed by atoms with E-state index in [0.717, 1.165) is 25.3 Å². The Morgan fingerprint density at radius 1 is 1.06 bits per heavy atom. The number of nitrogens with zero attached hydrogens (tertiary/aromatic N) is 4. The fraction of sp³-hybridized carbons (Fsp3) is 0.375. The highest BCUT2D eigenvalue weighted by atomic mass is 19.1. The van der Waals surface area contributed by atoms with Crippen LogP contribution in [0.2, 0.25) is 0 Å². The van der Waals surface area contributed by atoms with Crippen LogP contribution in [-0.4, -0.2) is 52.6 Å². The summed E-state index contributed by atoms with van der Waals surface area (Å²) in [6.45, 7) is 1.84. The van der Waals surface area contributed by atoms with Gasteiger partial charge in [0, 0.05) is 48.1 Å². The number of benzene rings is 1. The van der Waals surface area contributed by atoms with E-state index in [9.17, 15) is 9.50 Å². The maximum absolute atomic E-state index is 14.9. The lowest BCUT2D eigenvalue weighted by atomic mass is 9.92. The van der Waals surface area contributed by atoms with Crippen molar-refractivity contribution in [3.05, 3.63) is 48.5 Å². The van der Waals surface area contributed by atoms with Crippen molar-refractivity contribution in [1.82, 2.24) is 20.5 Å². The molecule has 1 saturated carbocycles. The van der Waals surface area contributed by atoms with E-state index in [0.29, 0.717) is 34.7 Å². The molecule has 0 bridgehead atoms. The molecule has 7 nitrogen and oxygen atoms in total. The number of phenolic OH excluding ortho intramolecular Hbond substituents is 1. The van der Waals surface area contributed by atoms with Crippen molar-refractivity contribution in [1.29, 1.82) is 0 Å². The van der Waals surface area contributed by atoms with Crippen LogP contribution >= 0.6 is 0 Å². The van der Waals surface area contributed by atoms with Crippen LogP contribution in [0.1, 0.15) is 25.7 Å². The number of methoxy groups -OCH3 is 1. The van der Waals surface area contributed by atoms with Crippen LogP contribution < -0.4 is 15.0 Å². The molecule has 0 unspecified atom stereocenters. The van der Waals surface area contributed by atoms with Gasteiger partial charge in [-0.25, -0.2) is 4.39 Å². The van der Waals surface area contributed by atoms with Crippen molar-refractivity contribution < 1.29 is 14.2 Å². The number of anilines is 1. The lowest BCUT2D eigenvalue weighted by molar-refractivity contribution is 0.311. The third-order valence-electron chi connectivity index (χ3n) is 6.36. The number of phenols is 1.